The van der Waals surface area contributed by atoms with Gasteiger partial charge in [0, 0.05) is 30.3 Å². The summed E-state index contributed by atoms with van der Waals surface area (Å²) >= 11 is 0. The maximum Gasteiger partial charge on any atom is 0.251 e. The van der Waals surface area contributed by atoms with Gasteiger partial charge in [-0.25, -0.2) is 4.98 Å². The van der Waals surface area contributed by atoms with E-state index >= 15 is 0 Å². The number of aromatic nitrogens is 3. The molecule has 92 valence electrons. The van der Waals surface area contributed by atoms with Gasteiger partial charge in [-0.05, 0) is 6.07 Å². The number of hydrogen-bond donors (Lipinski definition) is 2. The summed E-state index contributed by atoms with van der Waals surface area (Å²) in [6.07, 6.45) is 5.79. The molecule has 18 heavy (non-hydrogen) atoms. The standard InChI is InChI=1S/C11H11N5O2/c12-8-1-2-11(18)16(6-8)7-10(17)15-9-5-13-3-4-14-9/h1-6H,7,12H2,(H,14,15,17). The van der Waals surface area contributed by atoms with Gasteiger partial charge in [0.05, 0.1) is 6.20 Å². The molecule has 0 saturated heterocycles. The molecule has 3 N–H and O–H groups in total. The van der Waals surface area contributed by atoms with Crippen molar-refractivity contribution < 1.29 is 4.79 Å². The first-order valence-corrected chi connectivity index (χ1v) is 5.17. The van der Waals surface area contributed by atoms with Crippen LogP contribution in [0.4, 0.5) is 11.5 Å². The maximum absolute atomic E-state index is 11.7. The SMILES string of the molecule is Nc1ccc(=O)n(CC(=O)Nc2cnccn2)c1. The summed E-state index contributed by atoms with van der Waals surface area (Å²) in [6, 6.07) is 2.80. The van der Waals surface area contributed by atoms with Crippen LogP contribution in [0.15, 0.2) is 41.7 Å². The van der Waals surface area contributed by atoms with Crippen molar-refractivity contribution in [2.75, 3.05) is 11.1 Å². The van der Waals surface area contributed by atoms with Gasteiger partial charge in [-0.2, -0.15) is 0 Å². The van der Waals surface area contributed by atoms with E-state index in [0.29, 0.717) is 11.5 Å². The summed E-state index contributed by atoms with van der Waals surface area (Å²) < 4.78 is 1.22. The van der Waals surface area contributed by atoms with Crippen molar-refractivity contribution in [1.29, 1.82) is 0 Å². The molecular weight excluding hydrogens is 234 g/mol. The van der Waals surface area contributed by atoms with Gasteiger partial charge in [0.2, 0.25) is 5.91 Å². The molecule has 2 rings (SSSR count). The second-order valence-corrected chi connectivity index (χ2v) is 3.57. The highest BCUT2D eigenvalue weighted by Crippen LogP contribution is 1.99. The van der Waals surface area contributed by atoms with Gasteiger partial charge in [0.15, 0.2) is 5.82 Å². The smallest absolute Gasteiger partial charge is 0.251 e. The van der Waals surface area contributed by atoms with Gasteiger partial charge in [0.25, 0.3) is 5.56 Å². The minimum atomic E-state index is -0.372. The normalized spacial score (nSPS) is 10.0. The number of nitrogens with two attached hydrogens (primary N) is 1. The molecule has 0 unspecified atom stereocenters. The Balaban J connectivity index is 2.08. The number of amides is 1. The molecule has 7 nitrogen and oxygen atoms in total. The van der Waals surface area contributed by atoms with E-state index in [1.165, 1.54) is 41.5 Å². The highest BCUT2D eigenvalue weighted by atomic mass is 16.2. The summed E-state index contributed by atoms with van der Waals surface area (Å²) in [5.74, 6) is -0.0392. The first-order valence-electron chi connectivity index (χ1n) is 5.17. The Morgan fingerprint density at radius 1 is 1.39 bits per heavy atom. The van der Waals surface area contributed by atoms with Crippen molar-refractivity contribution in [3.63, 3.8) is 0 Å². The van der Waals surface area contributed by atoms with Crippen molar-refractivity contribution in [3.8, 4) is 0 Å². The van der Waals surface area contributed by atoms with Crippen molar-refractivity contribution in [2.45, 2.75) is 6.54 Å². The quantitative estimate of drug-likeness (QED) is 0.783. The van der Waals surface area contributed by atoms with E-state index in [-0.39, 0.29) is 18.0 Å². The second-order valence-electron chi connectivity index (χ2n) is 3.57. The van der Waals surface area contributed by atoms with Crippen LogP contribution >= 0.6 is 0 Å². The molecule has 0 aliphatic carbocycles. The number of carbonyl (C=O) groups excluding carboxylic acids is 1. The van der Waals surface area contributed by atoms with Crippen molar-refractivity contribution in [2.24, 2.45) is 0 Å². The van der Waals surface area contributed by atoms with E-state index in [2.05, 4.69) is 15.3 Å². The molecule has 0 aliphatic rings. The fourth-order valence-corrected chi connectivity index (χ4v) is 1.37. The van der Waals surface area contributed by atoms with E-state index in [9.17, 15) is 9.59 Å². The Hall–Kier alpha value is -2.70. The number of rotatable bonds is 3. The number of anilines is 2. The van der Waals surface area contributed by atoms with Gasteiger partial charge in [-0.15, -0.1) is 0 Å². The fourth-order valence-electron chi connectivity index (χ4n) is 1.37. The molecule has 2 heterocycles. The fraction of sp³-hybridized carbons (Fsp3) is 0.0909. The molecule has 1 amide bonds. The monoisotopic (exact) mass is 245 g/mol. The van der Waals surface area contributed by atoms with E-state index in [0.717, 1.165) is 0 Å². The van der Waals surface area contributed by atoms with E-state index in [1.54, 1.807) is 0 Å². The lowest BCUT2D eigenvalue weighted by molar-refractivity contribution is -0.116. The Kier molecular flexibility index (Phi) is 3.33. The highest BCUT2D eigenvalue weighted by Gasteiger charge is 2.05. The third-order valence-electron chi connectivity index (χ3n) is 2.15. The maximum atomic E-state index is 11.7. The first kappa shape index (κ1) is 11.8. The molecule has 0 saturated carbocycles. The van der Waals surface area contributed by atoms with Crippen LogP contribution in [0, 0.1) is 0 Å². The topological polar surface area (TPSA) is 103 Å². The molecular formula is C11H11N5O2. The lowest BCUT2D eigenvalue weighted by Gasteiger charge is -2.06. The Bertz CT molecular complexity index is 608. The zero-order valence-corrected chi connectivity index (χ0v) is 9.41. The number of nitrogen functional groups attached to an aromatic ring is 1. The summed E-state index contributed by atoms with van der Waals surface area (Å²) in [5.41, 5.74) is 5.67. The number of carbonyl (C=O) groups is 1. The summed E-state index contributed by atoms with van der Waals surface area (Å²) in [5, 5.41) is 2.52. The average molecular weight is 245 g/mol. The van der Waals surface area contributed by atoms with Gasteiger partial charge < -0.3 is 15.6 Å². The van der Waals surface area contributed by atoms with Crippen molar-refractivity contribution in [1.82, 2.24) is 14.5 Å². The third-order valence-corrected chi connectivity index (χ3v) is 2.15. The largest absolute Gasteiger partial charge is 0.398 e. The van der Waals surface area contributed by atoms with Gasteiger partial charge in [-0.1, -0.05) is 0 Å². The molecule has 7 heteroatoms. The molecule has 0 aliphatic heterocycles. The van der Waals surface area contributed by atoms with Gasteiger partial charge >= 0.3 is 0 Å². The van der Waals surface area contributed by atoms with Crippen LogP contribution in [0.2, 0.25) is 0 Å². The van der Waals surface area contributed by atoms with Crippen LogP contribution in [0.25, 0.3) is 0 Å². The summed E-state index contributed by atoms with van der Waals surface area (Å²) in [7, 11) is 0. The molecule has 2 aromatic heterocycles. The lowest BCUT2D eigenvalue weighted by Crippen LogP contribution is -2.27. The van der Waals surface area contributed by atoms with Crippen LogP contribution in [-0.2, 0) is 11.3 Å². The number of nitrogens with zero attached hydrogens (tertiary/aromatic N) is 3. The highest BCUT2D eigenvalue weighted by molar-refractivity contribution is 5.89. The van der Waals surface area contributed by atoms with Crippen LogP contribution in [0.1, 0.15) is 0 Å². The lowest BCUT2D eigenvalue weighted by atomic mass is 10.4. The van der Waals surface area contributed by atoms with Crippen molar-refractivity contribution >= 4 is 17.4 Å². The Morgan fingerprint density at radius 3 is 2.94 bits per heavy atom. The number of pyridine rings is 1. The van der Waals surface area contributed by atoms with Gasteiger partial charge in [-0.3, -0.25) is 14.6 Å². The van der Waals surface area contributed by atoms with Gasteiger partial charge in [0.1, 0.15) is 6.54 Å². The zero-order chi connectivity index (χ0) is 13.0. The predicted molar refractivity (Wildman–Crippen MR) is 65.8 cm³/mol. The third kappa shape index (κ3) is 2.91. The molecule has 0 aromatic carbocycles. The summed E-state index contributed by atoms with van der Waals surface area (Å²) in [6.45, 7) is -0.125. The van der Waals surface area contributed by atoms with E-state index in [4.69, 9.17) is 5.73 Å². The van der Waals surface area contributed by atoms with Crippen LogP contribution in [0.5, 0.6) is 0 Å². The minimum Gasteiger partial charge on any atom is -0.398 e. The van der Waals surface area contributed by atoms with Crippen LogP contribution in [0.3, 0.4) is 0 Å². The van der Waals surface area contributed by atoms with Crippen LogP contribution < -0.4 is 16.6 Å². The number of hydrogen-bond acceptors (Lipinski definition) is 5. The Labute approximate surface area is 102 Å². The molecule has 0 spiro atoms. The second kappa shape index (κ2) is 5.09. The number of nitrogens with one attached hydrogen (secondary N) is 1. The molecule has 0 fully saturated rings. The van der Waals surface area contributed by atoms with Crippen molar-refractivity contribution in [3.05, 3.63) is 47.3 Å². The summed E-state index contributed by atoms with van der Waals surface area (Å²) in [4.78, 5) is 30.8. The van der Waals surface area contributed by atoms with E-state index < -0.39 is 0 Å². The zero-order valence-electron chi connectivity index (χ0n) is 9.41. The minimum absolute atomic E-state index is 0.125. The molecule has 2 aromatic rings. The molecule has 0 atom stereocenters. The van der Waals surface area contributed by atoms with Crippen LogP contribution in [-0.4, -0.2) is 20.4 Å². The van der Waals surface area contributed by atoms with E-state index in [1.807, 2.05) is 0 Å². The first-order chi connectivity index (χ1) is 8.65. The Morgan fingerprint density at radius 2 is 2.22 bits per heavy atom. The molecule has 0 radical (unpaired) electrons. The molecule has 0 bridgehead atoms. The predicted octanol–water partition coefficient (Wildman–Crippen LogP) is -0.141. The average Bonchev–Trinajstić information content (AvgIpc) is 2.35.